The van der Waals surface area contributed by atoms with E-state index in [1.165, 1.54) is 6.07 Å². The summed E-state index contributed by atoms with van der Waals surface area (Å²) in [6.45, 7) is 3.34. The van der Waals surface area contributed by atoms with Gasteiger partial charge in [0.2, 0.25) is 0 Å². The van der Waals surface area contributed by atoms with Crippen molar-refractivity contribution in [3.8, 4) is 22.9 Å². The predicted octanol–water partition coefficient (Wildman–Crippen LogP) is 6.11. The van der Waals surface area contributed by atoms with Gasteiger partial charge in [-0.15, -0.1) is 0 Å². The molecule has 0 radical (unpaired) electrons. The molecular weight excluding hydrogens is 500 g/mol. The Labute approximate surface area is 224 Å². The molecule has 2 atom stereocenters. The van der Waals surface area contributed by atoms with Gasteiger partial charge in [0.05, 0.1) is 42.2 Å². The Bertz CT molecular complexity index is 1610. The van der Waals surface area contributed by atoms with Crippen molar-refractivity contribution in [2.45, 2.75) is 32.4 Å². The molecule has 1 N–H and O–H groups in total. The Balaban J connectivity index is 1.28. The second-order valence-corrected chi connectivity index (χ2v) is 10.2. The molecule has 1 aromatic heterocycles. The third-order valence-corrected chi connectivity index (χ3v) is 7.60. The first kappa shape index (κ1) is 24.9. The van der Waals surface area contributed by atoms with E-state index in [2.05, 4.69) is 22.1 Å². The van der Waals surface area contributed by atoms with Crippen LogP contribution in [0.3, 0.4) is 0 Å². The van der Waals surface area contributed by atoms with Gasteiger partial charge >= 0.3 is 6.03 Å². The Kier molecular flexibility index (Phi) is 6.39. The van der Waals surface area contributed by atoms with Crippen LogP contribution in [0.15, 0.2) is 54.6 Å². The highest BCUT2D eigenvalue weighted by Crippen LogP contribution is 2.37. The zero-order valence-corrected chi connectivity index (χ0v) is 21.5. The molecule has 39 heavy (non-hydrogen) atoms. The van der Waals surface area contributed by atoms with E-state index in [-0.39, 0.29) is 11.9 Å². The second-order valence-electron chi connectivity index (χ2n) is 10.2. The molecule has 2 amide bonds. The minimum absolute atomic E-state index is 0.211. The largest absolute Gasteiger partial charge is 0.491 e. The number of hydrogen-bond acceptors (Lipinski definition) is 4. The van der Waals surface area contributed by atoms with Gasteiger partial charge in [-0.1, -0.05) is 18.2 Å². The molecule has 3 aromatic carbocycles. The summed E-state index contributed by atoms with van der Waals surface area (Å²) in [6.07, 6.45) is 0.900. The van der Waals surface area contributed by atoms with Crippen molar-refractivity contribution in [3.05, 3.63) is 83.2 Å². The third kappa shape index (κ3) is 4.78. The number of halogens is 2. The van der Waals surface area contributed by atoms with Gasteiger partial charge in [0.25, 0.3) is 0 Å². The first-order chi connectivity index (χ1) is 18.9. The van der Waals surface area contributed by atoms with Gasteiger partial charge in [-0.25, -0.2) is 18.6 Å². The number of piperidine rings is 1. The van der Waals surface area contributed by atoms with E-state index in [0.29, 0.717) is 44.6 Å². The quantitative estimate of drug-likeness (QED) is 0.341. The van der Waals surface area contributed by atoms with Crippen LogP contribution in [0, 0.1) is 35.8 Å². The summed E-state index contributed by atoms with van der Waals surface area (Å²) in [5.41, 5.74) is 5.25. The number of ether oxygens (including phenoxy) is 1. The zero-order chi connectivity index (χ0) is 27.1. The number of aromatic amines is 1. The number of urea groups is 1. The van der Waals surface area contributed by atoms with Crippen LogP contribution in [0.5, 0.6) is 5.75 Å². The fourth-order valence-electron chi connectivity index (χ4n) is 5.58. The summed E-state index contributed by atoms with van der Waals surface area (Å²) >= 11 is 0. The first-order valence-electron chi connectivity index (χ1n) is 13.0. The van der Waals surface area contributed by atoms with E-state index in [9.17, 15) is 18.8 Å². The summed E-state index contributed by atoms with van der Waals surface area (Å²) in [5.74, 6) is -0.589. The fraction of sp³-hybridized carbons (Fsp3) is 0.300. The number of likely N-dealkylation sites (tertiary alicyclic amines) is 1. The lowest BCUT2D eigenvalue weighted by molar-refractivity contribution is 0.102. The number of carbonyl (C=O) groups excluding carboxylic acids is 1. The number of imidazole rings is 1. The molecule has 4 aromatic rings. The number of hydrogen-bond donors (Lipinski definition) is 1. The van der Waals surface area contributed by atoms with Crippen molar-refractivity contribution >= 4 is 17.1 Å². The number of benzene rings is 3. The van der Waals surface area contributed by atoms with Gasteiger partial charge < -0.3 is 19.5 Å². The van der Waals surface area contributed by atoms with Crippen LogP contribution in [0.2, 0.25) is 0 Å². The molecule has 1 fully saturated rings. The topological polar surface area (TPSA) is 85.2 Å². The number of H-pyrrole nitrogens is 1. The van der Waals surface area contributed by atoms with Crippen LogP contribution >= 0.6 is 0 Å². The van der Waals surface area contributed by atoms with Crippen molar-refractivity contribution in [1.82, 2.24) is 19.8 Å². The molecule has 0 bridgehead atoms. The molecule has 0 saturated carbocycles. The van der Waals surface area contributed by atoms with Crippen molar-refractivity contribution in [3.63, 3.8) is 0 Å². The molecular formula is C30H27F2N5O2. The normalized spacial score (nSPS) is 19.2. The van der Waals surface area contributed by atoms with Gasteiger partial charge in [0, 0.05) is 12.1 Å². The summed E-state index contributed by atoms with van der Waals surface area (Å²) in [4.78, 5) is 25.0. The summed E-state index contributed by atoms with van der Waals surface area (Å²) in [5, 5.41) is 9.53. The van der Waals surface area contributed by atoms with Crippen LogP contribution in [0.1, 0.15) is 35.8 Å². The molecule has 0 spiro atoms. The minimum Gasteiger partial charge on any atom is -0.491 e. The molecule has 7 nitrogen and oxygen atoms in total. The van der Waals surface area contributed by atoms with Gasteiger partial charge in [0.15, 0.2) is 11.6 Å². The van der Waals surface area contributed by atoms with Crippen LogP contribution in [-0.2, 0) is 6.54 Å². The monoisotopic (exact) mass is 527 g/mol. The molecule has 1 saturated heterocycles. The summed E-state index contributed by atoms with van der Waals surface area (Å²) in [7, 11) is 0. The van der Waals surface area contributed by atoms with Crippen LogP contribution in [0.25, 0.3) is 22.2 Å². The van der Waals surface area contributed by atoms with Crippen LogP contribution in [-0.4, -0.2) is 45.5 Å². The van der Waals surface area contributed by atoms with E-state index >= 15 is 0 Å². The maximum atomic E-state index is 14.1. The lowest BCUT2D eigenvalue weighted by Gasteiger charge is -2.40. The Hall–Kier alpha value is -4.45. The highest BCUT2D eigenvalue weighted by Gasteiger charge is 2.36. The SMILES string of the molecule is Cc1nc2ccc(-c3ccc4c(c3)CN(C(=O)N3CCC(C#N)C[C@@H]3c3ccc(F)c(F)c3)CCO4)cc2[nH]1. The maximum Gasteiger partial charge on any atom is 0.320 e. The number of fused-ring (bicyclic) bond motifs is 2. The number of carbonyl (C=O) groups is 1. The first-order valence-corrected chi connectivity index (χ1v) is 13.0. The second kappa shape index (κ2) is 10.0. The molecule has 2 aliphatic heterocycles. The van der Waals surface area contributed by atoms with Crippen LogP contribution in [0.4, 0.5) is 13.6 Å². The maximum absolute atomic E-state index is 14.1. The highest BCUT2D eigenvalue weighted by molar-refractivity contribution is 5.82. The van der Waals surface area contributed by atoms with Gasteiger partial charge in [-0.2, -0.15) is 5.26 Å². The Morgan fingerprint density at radius 1 is 1.08 bits per heavy atom. The number of aryl methyl sites for hydroxylation is 1. The van der Waals surface area contributed by atoms with E-state index in [1.54, 1.807) is 9.80 Å². The standard InChI is InChI=1S/C30H27F2N5O2/c1-18-34-26-6-3-21(15-27(26)35-18)20-4-7-29-23(13-20)17-36(10-11-39-29)30(38)37-9-8-19(16-33)12-28(37)22-2-5-24(31)25(32)14-22/h2-7,13-15,19,28H,8-12,17H2,1H3,(H,34,35)/t19?,28-/m1/s1. The zero-order valence-electron chi connectivity index (χ0n) is 21.5. The number of nitriles is 1. The smallest absolute Gasteiger partial charge is 0.320 e. The number of rotatable bonds is 2. The van der Waals surface area contributed by atoms with Gasteiger partial charge in [-0.05, 0) is 72.9 Å². The summed E-state index contributed by atoms with van der Waals surface area (Å²) < 4.78 is 33.7. The lowest BCUT2D eigenvalue weighted by atomic mass is 9.88. The van der Waals surface area contributed by atoms with E-state index in [0.717, 1.165) is 51.4 Å². The number of nitrogens with zero attached hydrogens (tertiary/aromatic N) is 4. The number of nitrogens with one attached hydrogen (secondary N) is 1. The van der Waals surface area contributed by atoms with Crippen LogP contribution < -0.4 is 4.74 Å². The predicted molar refractivity (Wildman–Crippen MR) is 142 cm³/mol. The molecule has 198 valence electrons. The Morgan fingerprint density at radius 2 is 1.90 bits per heavy atom. The third-order valence-electron chi connectivity index (χ3n) is 7.60. The van der Waals surface area contributed by atoms with Crippen molar-refractivity contribution in [1.29, 1.82) is 5.26 Å². The number of aromatic nitrogens is 2. The van der Waals surface area contributed by atoms with Crippen molar-refractivity contribution < 1.29 is 18.3 Å². The molecule has 3 heterocycles. The summed E-state index contributed by atoms with van der Waals surface area (Å²) in [6, 6.07) is 17.3. The van der Waals surface area contributed by atoms with Gasteiger partial charge in [-0.3, -0.25) is 0 Å². The molecule has 9 heteroatoms. The molecule has 2 aliphatic rings. The number of amides is 2. The van der Waals surface area contributed by atoms with E-state index in [1.807, 2.05) is 37.3 Å². The van der Waals surface area contributed by atoms with E-state index in [4.69, 9.17) is 4.74 Å². The Morgan fingerprint density at radius 3 is 2.72 bits per heavy atom. The molecule has 0 aliphatic carbocycles. The average Bonchev–Trinajstić information content (AvgIpc) is 3.19. The highest BCUT2D eigenvalue weighted by atomic mass is 19.2. The molecule has 6 rings (SSSR count). The van der Waals surface area contributed by atoms with E-state index < -0.39 is 17.7 Å². The fourth-order valence-corrected chi connectivity index (χ4v) is 5.58. The van der Waals surface area contributed by atoms with Gasteiger partial charge in [0.1, 0.15) is 18.2 Å². The minimum atomic E-state index is -0.966. The van der Waals surface area contributed by atoms with Crippen molar-refractivity contribution in [2.24, 2.45) is 5.92 Å². The van der Waals surface area contributed by atoms with Crippen molar-refractivity contribution in [2.75, 3.05) is 19.7 Å². The average molecular weight is 528 g/mol. The molecule has 1 unspecified atom stereocenters. The lowest BCUT2D eigenvalue weighted by Crippen LogP contribution is -2.48.